The molecule has 2 amide bonds. The Labute approximate surface area is 120 Å². The molecule has 1 saturated heterocycles. The van der Waals surface area contributed by atoms with Crippen LogP contribution in [0.2, 0.25) is 0 Å². The predicted molar refractivity (Wildman–Crippen MR) is 71.6 cm³/mol. The van der Waals surface area contributed by atoms with Gasteiger partial charge in [-0.05, 0) is 25.0 Å². The second-order valence-electron chi connectivity index (χ2n) is 4.79. The fraction of sp³-hybridized carbons (Fsp3) is 0.429. The number of anilines is 1. The highest BCUT2D eigenvalue weighted by molar-refractivity contribution is 6.03. The van der Waals surface area contributed by atoms with Crippen molar-refractivity contribution >= 4 is 17.5 Å². The lowest BCUT2D eigenvalue weighted by Crippen LogP contribution is -2.34. The molecule has 1 atom stereocenters. The van der Waals surface area contributed by atoms with Crippen molar-refractivity contribution in [3.8, 4) is 0 Å². The smallest absolute Gasteiger partial charge is 0.233 e. The number of rotatable bonds is 5. The van der Waals surface area contributed by atoms with Crippen molar-refractivity contribution in [2.45, 2.75) is 25.4 Å². The molecule has 2 N–H and O–H groups in total. The summed E-state index contributed by atoms with van der Waals surface area (Å²) in [6.07, 6.45) is 1.41. The van der Waals surface area contributed by atoms with Gasteiger partial charge < -0.3 is 15.4 Å². The van der Waals surface area contributed by atoms with Gasteiger partial charge in [0.15, 0.2) is 0 Å². The summed E-state index contributed by atoms with van der Waals surface area (Å²) in [5.74, 6) is -2.75. The van der Waals surface area contributed by atoms with Crippen LogP contribution in [0, 0.1) is 11.6 Å². The van der Waals surface area contributed by atoms with Crippen molar-refractivity contribution in [2.75, 3.05) is 18.5 Å². The number of hydrogen-bond donors (Lipinski definition) is 2. The Balaban J connectivity index is 1.76. The molecule has 114 valence electrons. The van der Waals surface area contributed by atoms with Gasteiger partial charge in [-0.1, -0.05) is 0 Å². The molecule has 0 bridgehead atoms. The molecule has 7 heteroatoms. The summed E-state index contributed by atoms with van der Waals surface area (Å²) in [5.41, 5.74) is -0.159. The van der Waals surface area contributed by atoms with E-state index in [0.29, 0.717) is 19.2 Å². The maximum atomic E-state index is 13.3. The Morgan fingerprint density at radius 1 is 1.29 bits per heavy atom. The Bertz CT molecular complexity index is 531. The standard InChI is InChI=1S/C14H16F2N2O3/c15-9-3-4-12(11(16)6-9)18-14(20)7-13(19)17-8-10-2-1-5-21-10/h3-4,6,10H,1-2,5,7-8H2,(H,17,19)(H,18,20). The first kappa shape index (κ1) is 15.4. The van der Waals surface area contributed by atoms with Crippen LogP contribution in [0.5, 0.6) is 0 Å². The third kappa shape index (κ3) is 4.78. The number of hydrogen-bond acceptors (Lipinski definition) is 3. The van der Waals surface area contributed by atoms with E-state index in [-0.39, 0.29) is 11.8 Å². The summed E-state index contributed by atoms with van der Waals surface area (Å²) in [6.45, 7) is 1.04. The molecular weight excluding hydrogens is 282 g/mol. The van der Waals surface area contributed by atoms with Crippen molar-refractivity contribution in [1.82, 2.24) is 5.32 Å². The Hall–Kier alpha value is -2.02. The van der Waals surface area contributed by atoms with E-state index < -0.39 is 29.9 Å². The summed E-state index contributed by atoms with van der Waals surface area (Å²) < 4.78 is 31.4. The van der Waals surface area contributed by atoms with Crippen molar-refractivity contribution in [2.24, 2.45) is 0 Å². The number of amides is 2. The first-order chi connectivity index (χ1) is 10.0. The van der Waals surface area contributed by atoms with E-state index in [4.69, 9.17) is 4.74 Å². The van der Waals surface area contributed by atoms with Crippen LogP contribution >= 0.6 is 0 Å². The fourth-order valence-corrected chi connectivity index (χ4v) is 2.03. The Kier molecular flexibility index (Phi) is 5.21. The quantitative estimate of drug-likeness (QED) is 0.811. The maximum absolute atomic E-state index is 13.3. The molecule has 1 aliphatic rings. The molecule has 1 aliphatic heterocycles. The average Bonchev–Trinajstić information content (AvgIpc) is 2.93. The van der Waals surface area contributed by atoms with Crippen LogP contribution in [0.15, 0.2) is 18.2 Å². The van der Waals surface area contributed by atoms with E-state index in [1.165, 1.54) is 0 Å². The van der Waals surface area contributed by atoms with Gasteiger partial charge in [-0.15, -0.1) is 0 Å². The van der Waals surface area contributed by atoms with Crippen LogP contribution in [0.25, 0.3) is 0 Å². The zero-order chi connectivity index (χ0) is 15.2. The fourth-order valence-electron chi connectivity index (χ4n) is 2.03. The van der Waals surface area contributed by atoms with Gasteiger partial charge in [0.25, 0.3) is 0 Å². The van der Waals surface area contributed by atoms with Crippen molar-refractivity contribution in [3.05, 3.63) is 29.8 Å². The van der Waals surface area contributed by atoms with Crippen LogP contribution in [-0.4, -0.2) is 31.1 Å². The molecule has 1 heterocycles. The SMILES string of the molecule is O=C(CC(=O)Nc1ccc(F)cc1F)NCC1CCCO1. The summed E-state index contributed by atoms with van der Waals surface area (Å²) in [6, 6.07) is 2.79. The predicted octanol–water partition coefficient (Wildman–Crippen LogP) is 1.59. The third-order valence-electron chi connectivity index (χ3n) is 3.08. The number of carbonyl (C=O) groups excluding carboxylic acids is 2. The van der Waals surface area contributed by atoms with Gasteiger partial charge >= 0.3 is 0 Å². The monoisotopic (exact) mass is 298 g/mol. The largest absolute Gasteiger partial charge is 0.376 e. The number of ether oxygens (including phenoxy) is 1. The second-order valence-corrected chi connectivity index (χ2v) is 4.79. The van der Waals surface area contributed by atoms with Gasteiger partial charge in [0, 0.05) is 19.2 Å². The molecule has 1 fully saturated rings. The molecule has 0 saturated carbocycles. The van der Waals surface area contributed by atoms with E-state index in [1.54, 1.807) is 0 Å². The highest BCUT2D eigenvalue weighted by atomic mass is 19.1. The summed E-state index contributed by atoms with van der Waals surface area (Å²) in [7, 11) is 0. The summed E-state index contributed by atoms with van der Waals surface area (Å²) in [5, 5.41) is 4.81. The zero-order valence-electron chi connectivity index (χ0n) is 11.3. The molecular formula is C14H16F2N2O3. The molecule has 21 heavy (non-hydrogen) atoms. The average molecular weight is 298 g/mol. The highest BCUT2D eigenvalue weighted by Crippen LogP contribution is 2.15. The van der Waals surface area contributed by atoms with Gasteiger partial charge in [0.1, 0.15) is 18.1 Å². The topological polar surface area (TPSA) is 67.4 Å². The summed E-state index contributed by atoms with van der Waals surface area (Å²) >= 11 is 0. The number of halogens is 2. The van der Waals surface area contributed by atoms with E-state index >= 15 is 0 Å². The van der Waals surface area contributed by atoms with Gasteiger partial charge in [0.05, 0.1) is 11.8 Å². The summed E-state index contributed by atoms with van der Waals surface area (Å²) in [4.78, 5) is 23.2. The minimum atomic E-state index is -0.886. The third-order valence-corrected chi connectivity index (χ3v) is 3.08. The maximum Gasteiger partial charge on any atom is 0.233 e. The van der Waals surface area contributed by atoms with Crippen LogP contribution in [0.1, 0.15) is 19.3 Å². The lowest BCUT2D eigenvalue weighted by molar-refractivity contribution is -0.127. The van der Waals surface area contributed by atoms with Gasteiger partial charge in [-0.25, -0.2) is 8.78 Å². The van der Waals surface area contributed by atoms with Gasteiger partial charge in [0.2, 0.25) is 11.8 Å². The van der Waals surface area contributed by atoms with E-state index in [9.17, 15) is 18.4 Å². The molecule has 0 radical (unpaired) electrons. The van der Waals surface area contributed by atoms with Crippen LogP contribution < -0.4 is 10.6 Å². The molecule has 2 rings (SSSR count). The normalized spacial score (nSPS) is 17.5. The van der Waals surface area contributed by atoms with Crippen molar-refractivity contribution in [1.29, 1.82) is 0 Å². The minimum Gasteiger partial charge on any atom is -0.376 e. The Morgan fingerprint density at radius 3 is 2.76 bits per heavy atom. The van der Waals surface area contributed by atoms with E-state index in [1.807, 2.05) is 0 Å². The molecule has 0 spiro atoms. The lowest BCUT2D eigenvalue weighted by atomic mass is 10.2. The van der Waals surface area contributed by atoms with Crippen molar-refractivity contribution < 1.29 is 23.1 Å². The highest BCUT2D eigenvalue weighted by Gasteiger charge is 2.17. The van der Waals surface area contributed by atoms with Crippen LogP contribution in [0.3, 0.4) is 0 Å². The number of nitrogens with one attached hydrogen (secondary N) is 2. The van der Waals surface area contributed by atoms with Crippen molar-refractivity contribution in [3.63, 3.8) is 0 Å². The molecule has 1 unspecified atom stereocenters. The second kappa shape index (κ2) is 7.12. The van der Waals surface area contributed by atoms with E-state index in [0.717, 1.165) is 25.0 Å². The first-order valence-corrected chi connectivity index (χ1v) is 6.68. The molecule has 5 nitrogen and oxygen atoms in total. The number of carbonyl (C=O) groups is 2. The molecule has 1 aromatic rings. The van der Waals surface area contributed by atoms with Crippen LogP contribution in [0.4, 0.5) is 14.5 Å². The van der Waals surface area contributed by atoms with E-state index in [2.05, 4.69) is 10.6 Å². The minimum absolute atomic E-state index is 0.00782. The zero-order valence-corrected chi connectivity index (χ0v) is 11.3. The number of benzene rings is 1. The molecule has 1 aromatic carbocycles. The molecule has 0 aliphatic carbocycles. The van der Waals surface area contributed by atoms with Gasteiger partial charge in [-0.2, -0.15) is 0 Å². The Morgan fingerprint density at radius 2 is 2.10 bits per heavy atom. The van der Waals surface area contributed by atoms with Gasteiger partial charge in [-0.3, -0.25) is 9.59 Å². The van der Waals surface area contributed by atoms with Crippen LogP contribution in [-0.2, 0) is 14.3 Å². The first-order valence-electron chi connectivity index (χ1n) is 6.68. The molecule has 0 aromatic heterocycles. The lowest BCUT2D eigenvalue weighted by Gasteiger charge is -2.11.